The molecule has 6 nitrogen and oxygen atoms in total. The lowest BCUT2D eigenvalue weighted by Gasteiger charge is -2.00. The van der Waals surface area contributed by atoms with Crippen molar-refractivity contribution < 1.29 is 4.42 Å². The zero-order chi connectivity index (χ0) is 13.6. The number of benzene rings is 1. The van der Waals surface area contributed by atoms with E-state index in [1.807, 2.05) is 19.1 Å². The highest BCUT2D eigenvalue weighted by Crippen LogP contribution is 2.26. The topological polar surface area (TPSA) is 89.8 Å². The summed E-state index contributed by atoms with van der Waals surface area (Å²) < 4.78 is 6.58. The van der Waals surface area contributed by atoms with Crippen molar-refractivity contribution >= 4 is 11.1 Å². The molecule has 0 aliphatic rings. The van der Waals surface area contributed by atoms with Crippen LogP contribution in [0.3, 0.4) is 0 Å². The van der Waals surface area contributed by atoms with Gasteiger partial charge in [-0.25, -0.2) is 4.79 Å². The summed E-state index contributed by atoms with van der Waals surface area (Å²) in [5, 5.41) is 7.20. The predicted molar refractivity (Wildman–Crippen MR) is 71.7 cm³/mol. The number of oxazole rings is 1. The van der Waals surface area contributed by atoms with Gasteiger partial charge in [0.2, 0.25) is 0 Å². The number of hydrogen-bond donors (Lipinski definition) is 2. The second-order valence-electron chi connectivity index (χ2n) is 4.49. The van der Waals surface area contributed by atoms with Gasteiger partial charge in [0.05, 0.1) is 16.9 Å². The minimum Gasteiger partial charge on any atom is -0.408 e. The lowest BCUT2D eigenvalue weighted by atomic mass is 10.1. The van der Waals surface area contributed by atoms with Gasteiger partial charge in [0.15, 0.2) is 5.58 Å². The lowest BCUT2D eigenvalue weighted by Crippen LogP contribution is -2.08. The van der Waals surface area contributed by atoms with Gasteiger partial charge in [0, 0.05) is 19.2 Å². The molecule has 0 saturated carbocycles. The highest BCUT2D eigenvalue weighted by atomic mass is 16.4. The Kier molecular flexibility index (Phi) is 2.53. The van der Waals surface area contributed by atoms with Crippen molar-refractivity contribution in [2.45, 2.75) is 13.5 Å². The average molecular weight is 258 g/mol. The molecule has 2 aromatic heterocycles. The fourth-order valence-electron chi connectivity index (χ4n) is 2.19. The summed E-state index contributed by atoms with van der Waals surface area (Å²) >= 11 is 0. The zero-order valence-electron chi connectivity index (χ0n) is 10.7. The molecule has 0 unspecified atom stereocenters. The van der Waals surface area contributed by atoms with Gasteiger partial charge in [0.25, 0.3) is 0 Å². The smallest absolute Gasteiger partial charge is 0.408 e. The Labute approximate surface area is 108 Å². The molecule has 0 aliphatic heterocycles. The highest BCUT2D eigenvalue weighted by Gasteiger charge is 2.12. The van der Waals surface area contributed by atoms with Crippen molar-refractivity contribution in [3.63, 3.8) is 0 Å². The van der Waals surface area contributed by atoms with E-state index in [-0.39, 0.29) is 5.76 Å². The Hall–Kier alpha value is -2.34. The van der Waals surface area contributed by atoms with Crippen LogP contribution in [0.25, 0.3) is 22.4 Å². The highest BCUT2D eigenvalue weighted by molar-refractivity contribution is 5.80. The normalized spacial score (nSPS) is 11.3. The fourth-order valence-corrected chi connectivity index (χ4v) is 2.19. The summed E-state index contributed by atoms with van der Waals surface area (Å²) in [5.41, 5.74) is 10.7. The Morgan fingerprint density at radius 2 is 2.26 bits per heavy atom. The summed E-state index contributed by atoms with van der Waals surface area (Å²) in [6.45, 7) is 2.39. The average Bonchev–Trinajstić information content (AvgIpc) is 2.91. The first kappa shape index (κ1) is 11.7. The van der Waals surface area contributed by atoms with Crippen molar-refractivity contribution in [1.29, 1.82) is 0 Å². The quantitative estimate of drug-likeness (QED) is 0.724. The predicted octanol–water partition coefficient (Wildman–Crippen LogP) is 1.29. The monoisotopic (exact) mass is 258 g/mol. The third-order valence-electron chi connectivity index (χ3n) is 3.38. The maximum Gasteiger partial charge on any atom is 0.419 e. The third kappa shape index (κ3) is 1.68. The van der Waals surface area contributed by atoms with Crippen LogP contribution in [0.1, 0.15) is 11.3 Å². The van der Waals surface area contributed by atoms with Crippen molar-refractivity contribution in [2.24, 2.45) is 12.8 Å². The lowest BCUT2D eigenvalue weighted by molar-refractivity contribution is 0.528. The Bertz CT molecular complexity index is 810. The van der Waals surface area contributed by atoms with Gasteiger partial charge < -0.3 is 10.2 Å². The Morgan fingerprint density at radius 1 is 1.47 bits per heavy atom. The fraction of sp³-hybridized carbons (Fsp3) is 0.231. The number of nitrogens with zero attached hydrogens (tertiary/aromatic N) is 2. The first-order chi connectivity index (χ1) is 9.11. The van der Waals surface area contributed by atoms with E-state index in [4.69, 9.17) is 10.2 Å². The van der Waals surface area contributed by atoms with E-state index in [0.717, 1.165) is 28.0 Å². The molecule has 0 fully saturated rings. The molecule has 0 amide bonds. The van der Waals surface area contributed by atoms with E-state index in [2.05, 4.69) is 10.2 Å². The van der Waals surface area contributed by atoms with Crippen molar-refractivity contribution in [3.8, 4) is 11.3 Å². The summed E-state index contributed by atoms with van der Waals surface area (Å²) in [6.07, 6.45) is 0. The summed E-state index contributed by atoms with van der Waals surface area (Å²) in [4.78, 5) is 11.5. The summed E-state index contributed by atoms with van der Waals surface area (Å²) in [5.74, 6) is -0.367. The second-order valence-corrected chi connectivity index (χ2v) is 4.49. The second kappa shape index (κ2) is 4.10. The molecule has 0 spiro atoms. The van der Waals surface area contributed by atoms with Crippen LogP contribution in [0.15, 0.2) is 27.4 Å². The summed E-state index contributed by atoms with van der Waals surface area (Å²) in [7, 11) is 1.68. The first-order valence-electron chi connectivity index (χ1n) is 5.95. The zero-order valence-corrected chi connectivity index (χ0v) is 10.7. The molecule has 0 radical (unpaired) electrons. The van der Waals surface area contributed by atoms with E-state index in [1.165, 1.54) is 4.57 Å². The van der Waals surface area contributed by atoms with E-state index < -0.39 is 0 Å². The Balaban J connectivity index is 2.22. The van der Waals surface area contributed by atoms with Crippen molar-refractivity contribution in [1.82, 2.24) is 14.8 Å². The molecule has 19 heavy (non-hydrogen) atoms. The molecule has 3 N–H and O–H groups in total. The minimum absolute atomic E-state index is 0.367. The van der Waals surface area contributed by atoms with Gasteiger partial charge in [-0.2, -0.15) is 5.10 Å². The molecule has 98 valence electrons. The molecular formula is C13H14N4O2. The molecular weight excluding hydrogens is 244 g/mol. The molecule has 0 atom stereocenters. The van der Waals surface area contributed by atoms with Gasteiger partial charge in [-0.15, -0.1) is 0 Å². The first-order valence-corrected chi connectivity index (χ1v) is 5.95. The number of aryl methyl sites for hydroxylation is 1. The van der Waals surface area contributed by atoms with Crippen LogP contribution in [-0.4, -0.2) is 14.8 Å². The van der Waals surface area contributed by atoms with Crippen LogP contribution in [0, 0.1) is 6.92 Å². The van der Waals surface area contributed by atoms with Crippen molar-refractivity contribution in [2.75, 3.05) is 0 Å². The van der Waals surface area contributed by atoms with Crippen LogP contribution < -0.4 is 11.5 Å². The van der Waals surface area contributed by atoms with Gasteiger partial charge in [-0.3, -0.25) is 9.67 Å². The third-order valence-corrected chi connectivity index (χ3v) is 3.38. The van der Waals surface area contributed by atoms with Gasteiger partial charge in [-0.1, -0.05) is 0 Å². The number of rotatable bonds is 2. The van der Waals surface area contributed by atoms with Crippen molar-refractivity contribution in [3.05, 3.63) is 40.0 Å². The van der Waals surface area contributed by atoms with Gasteiger partial charge in [0.1, 0.15) is 0 Å². The molecule has 0 aliphatic carbocycles. The number of nitrogens with two attached hydrogens (primary N) is 1. The number of hydrogen-bond acceptors (Lipinski definition) is 4. The van der Waals surface area contributed by atoms with Crippen LogP contribution in [-0.2, 0) is 13.6 Å². The number of H-pyrrole nitrogens is 1. The van der Waals surface area contributed by atoms with E-state index >= 15 is 0 Å². The molecule has 0 bridgehead atoms. The van der Waals surface area contributed by atoms with Crippen LogP contribution >= 0.6 is 0 Å². The maximum absolute atomic E-state index is 11.5. The van der Waals surface area contributed by atoms with Gasteiger partial charge in [-0.05, 0) is 30.7 Å². The minimum atomic E-state index is -0.367. The van der Waals surface area contributed by atoms with E-state index in [0.29, 0.717) is 12.1 Å². The van der Waals surface area contributed by atoms with Gasteiger partial charge >= 0.3 is 5.76 Å². The van der Waals surface area contributed by atoms with Crippen LogP contribution in [0.5, 0.6) is 0 Å². The number of nitrogens with one attached hydrogen (secondary N) is 1. The molecule has 3 aromatic rings. The number of aromatic nitrogens is 3. The molecule has 3 rings (SSSR count). The largest absolute Gasteiger partial charge is 0.419 e. The Morgan fingerprint density at radius 3 is 2.95 bits per heavy atom. The standard InChI is InChI=1S/C13H14N4O2/c1-7-9(6-14)15-16-12(7)8-3-4-11-10(5-8)17(2)13(18)19-11/h3-5H,6,14H2,1-2H3,(H,15,16). The van der Waals surface area contributed by atoms with Crippen LogP contribution in [0.2, 0.25) is 0 Å². The molecule has 0 saturated heterocycles. The van der Waals surface area contributed by atoms with E-state index in [1.54, 1.807) is 13.1 Å². The SMILES string of the molecule is Cc1c(-c2ccc3oc(=O)n(C)c3c2)n[nH]c1CN. The summed E-state index contributed by atoms with van der Waals surface area (Å²) in [6, 6.07) is 5.56. The number of aromatic amines is 1. The molecule has 1 aromatic carbocycles. The number of fused-ring (bicyclic) bond motifs is 1. The molecule has 2 heterocycles. The molecule has 6 heteroatoms. The maximum atomic E-state index is 11.5. The van der Waals surface area contributed by atoms with E-state index in [9.17, 15) is 4.79 Å². The van der Waals surface area contributed by atoms with Crippen LogP contribution in [0.4, 0.5) is 0 Å².